The first-order chi connectivity index (χ1) is 6.49. The summed E-state index contributed by atoms with van der Waals surface area (Å²) in [5, 5.41) is 4.09. The predicted octanol–water partition coefficient (Wildman–Crippen LogP) is -1.05. The van der Waals surface area contributed by atoms with E-state index in [0.717, 1.165) is 5.69 Å². The lowest BCUT2D eigenvalue weighted by molar-refractivity contribution is 0.756. The van der Waals surface area contributed by atoms with Crippen molar-refractivity contribution in [2.45, 2.75) is 6.92 Å². The normalized spacial score (nSPS) is 11.4. The lowest BCUT2D eigenvalue weighted by Crippen LogP contribution is -2.26. The Balaban J connectivity index is 2.97. The van der Waals surface area contributed by atoms with Gasteiger partial charge in [-0.25, -0.2) is 4.99 Å². The maximum absolute atomic E-state index is 5.45. The molecule has 0 fully saturated rings. The van der Waals surface area contributed by atoms with Gasteiger partial charge in [0.25, 0.3) is 0 Å². The number of aromatic nitrogens is 2. The van der Waals surface area contributed by atoms with Crippen LogP contribution in [0.4, 0.5) is 5.69 Å². The van der Waals surface area contributed by atoms with E-state index in [4.69, 9.17) is 17.2 Å². The first-order valence-electron chi connectivity index (χ1n) is 3.93. The van der Waals surface area contributed by atoms with Gasteiger partial charge in [-0.05, 0) is 6.92 Å². The van der Waals surface area contributed by atoms with E-state index in [0.29, 0.717) is 5.69 Å². The molecule has 76 valence electrons. The summed E-state index contributed by atoms with van der Waals surface area (Å²) in [4.78, 5) is 7.57. The van der Waals surface area contributed by atoms with Crippen LogP contribution in [0.3, 0.4) is 0 Å². The van der Waals surface area contributed by atoms with Crippen molar-refractivity contribution in [3.8, 4) is 0 Å². The van der Waals surface area contributed by atoms with Gasteiger partial charge >= 0.3 is 0 Å². The van der Waals surface area contributed by atoms with Gasteiger partial charge in [0.2, 0.25) is 5.96 Å². The van der Waals surface area contributed by atoms with Crippen molar-refractivity contribution in [1.29, 1.82) is 0 Å². The Morgan fingerprint density at radius 3 is 2.50 bits per heavy atom. The summed E-state index contributed by atoms with van der Waals surface area (Å²) in [5.41, 5.74) is 17.1. The van der Waals surface area contributed by atoms with E-state index in [1.165, 1.54) is 0 Å². The molecule has 7 nitrogen and oxygen atoms in total. The van der Waals surface area contributed by atoms with Gasteiger partial charge in [-0.3, -0.25) is 4.68 Å². The molecule has 14 heavy (non-hydrogen) atoms. The molecule has 6 N–H and O–H groups in total. The lowest BCUT2D eigenvalue weighted by atomic mass is 10.4. The minimum absolute atomic E-state index is 0.0149. The zero-order valence-electron chi connectivity index (χ0n) is 8.10. The van der Waals surface area contributed by atoms with Gasteiger partial charge in [0.05, 0.1) is 11.9 Å². The highest BCUT2D eigenvalue weighted by molar-refractivity contribution is 5.93. The van der Waals surface area contributed by atoms with Crippen molar-refractivity contribution in [3.05, 3.63) is 11.9 Å². The number of nitrogens with zero attached hydrogens (tertiary/aromatic N) is 4. The second-order valence-electron chi connectivity index (χ2n) is 2.78. The summed E-state index contributed by atoms with van der Waals surface area (Å²) >= 11 is 0. The molecule has 0 atom stereocenters. The Kier molecular flexibility index (Phi) is 2.70. The molecule has 0 saturated carbocycles. The molecule has 7 heteroatoms. The van der Waals surface area contributed by atoms with Crippen LogP contribution < -0.4 is 17.2 Å². The number of nitrogens with two attached hydrogens (primary N) is 3. The average Bonchev–Trinajstić information content (AvgIpc) is 2.28. The van der Waals surface area contributed by atoms with Gasteiger partial charge in [-0.15, -0.1) is 0 Å². The maximum Gasteiger partial charge on any atom is 0.223 e. The van der Waals surface area contributed by atoms with E-state index < -0.39 is 0 Å². The van der Waals surface area contributed by atoms with Crippen molar-refractivity contribution in [2.24, 2.45) is 34.2 Å². The molecule has 1 aromatic rings. The Morgan fingerprint density at radius 1 is 1.43 bits per heavy atom. The van der Waals surface area contributed by atoms with Crippen molar-refractivity contribution in [2.75, 3.05) is 0 Å². The molecule has 0 aliphatic carbocycles. The van der Waals surface area contributed by atoms with E-state index in [-0.39, 0.29) is 11.9 Å². The molecule has 0 aliphatic rings. The van der Waals surface area contributed by atoms with Crippen molar-refractivity contribution < 1.29 is 0 Å². The molecular formula is C7H13N7. The van der Waals surface area contributed by atoms with Crippen LogP contribution in [0.2, 0.25) is 0 Å². The van der Waals surface area contributed by atoms with E-state index in [1.54, 1.807) is 17.9 Å². The number of rotatable bonds is 1. The van der Waals surface area contributed by atoms with E-state index in [1.807, 2.05) is 6.92 Å². The van der Waals surface area contributed by atoms with Crippen LogP contribution >= 0.6 is 0 Å². The molecule has 0 aromatic carbocycles. The SMILES string of the molecule is Cc1nn(C)cc1N=C(N)N=C(N)N. The maximum atomic E-state index is 5.45. The Bertz CT molecular complexity index is 383. The van der Waals surface area contributed by atoms with Gasteiger partial charge in [0.15, 0.2) is 5.96 Å². The van der Waals surface area contributed by atoms with E-state index in [2.05, 4.69) is 15.1 Å². The molecule has 0 saturated heterocycles. The fraction of sp³-hybridized carbons (Fsp3) is 0.286. The largest absolute Gasteiger partial charge is 0.370 e. The molecule has 0 spiro atoms. The number of hydrogen-bond acceptors (Lipinski definition) is 2. The molecule has 1 rings (SSSR count). The highest BCUT2D eigenvalue weighted by Crippen LogP contribution is 2.15. The van der Waals surface area contributed by atoms with Crippen molar-refractivity contribution in [1.82, 2.24) is 9.78 Å². The highest BCUT2D eigenvalue weighted by atomic mass is 15.3. The minimum atomic E-state index is -0.118. The molecular weight excluding hydrogens is 182 g/mol. The third-order valence-electron chi connectivity index (χ3n) is 1.47. The molecule has 0 radical (unpaired) electrons. The molecule has 0 bridgehead atoms. The van der Waals surface area contributed by atoms with Gasteiger partial charge in [-0.2, -0.15) is 10.1 Å². The smallest absolute Gasteiger partial charge is 0.223 e. The van der Waals surface area contributed by atoms with Gasteiger partial charge in [-0.1, -0.05) is 0 Å². The quantitative estimate of drug-likeness (QED) is 0.391. The van der Waals surface area contributed by atoms with E-state index >= 15 is 0 Å². The third-order valence-corrected chi connectivity index (χ3v) is 1.47. The number of hydrogen-bond donors (Lipinski definition) is 3. The summed E-state index contributed by atoms with van der Waals surface area (Å²) < 4.78 is 1.64. The van der Waals surface area contributed by atoms with Crippen LogP contribution in [0.5, 0.6) is 0 Å². The van der Waals surface area contributed by atoms with Gasteiger partial charge in [0.1, 0.15) is 5.69 Å². The third kappa shape index (κ3) is 2.47. The lowest BCUT2D eigenvalue weighted by Gasteiger charge is -1.92. The Morgan fingerprint density at radius 2 is 2.07 bits per heavy atom. The number of aliphatic imine (C=N–C) groups is 2. The monoisotopic (exact) mass is 195 g/mol. The zero-order valence-corrected chi connectivity index (χ0v) is 8.10. The second-order valence-corrected chi connectivity index (χ2v) is 2.78. The second kappa shape index (κ2) is 3.77. The van der Waals surface area contributed by atoms with Crippen LogP contribution in [-0.4, -0.2) is 21.7 Å². The molecule has 1 aromatic heterocycles. The number of aryl methyl sites for hydroxylation is 2. The summed E-state index contributed by atoms with van der Waals surface area (Å²) in [6, 6.07) is 0. The summed E-state index contributed by atoms with van der Waals surface area (Å²) in [5.74, 6) is -0.103. The van der Waals surface area contributed by atoms with Crippen LogP contribution in [0.25, 0.3) is 0 Å². The van der Waals surface area contributed by atoms with Crippen LogP contribution in [0.15, 0.2) is 16.2 Å². The fourth-order valence-electron chi connectivity index (χ4n) is 0.978. The molecule has 0 aliphatic heterocycles. The zero-order chi connectivity index (χ0) is 10.7. The first-order valence-corrected chi connectivity index (χ1v) is 3.93. The molecule has 0 amide bonds. The van der Waals surface area contributed by atoms with Crippen molar-refractivity contribution >= 4 is 17.6 Å². The summed E-state index contributed by atoms with van der Waals surface area (Å²) in [7, 11) is 1.79. The van der Waals surface area contributed by atoms with Crippen LogP contribution in [-0.2, 0) is 7.05 Å². The number of guanidine groups is 2. The minimum Gasteiger partial charge on any atom is -0.370 e. The Labute approximate surface area is 81.3 Å². The van der Waals surface area contributed by atoms with Crippen LogP contribution in [0.1, 0.15) is 5.69 Å². The van der Waals surface area contributed by atoms with Gasteiger partial charge < -0.3 is 17.2 Å². The Hall–Kier alpha value is -2.05. The highest BCUT2D eigenvalue weighted by Gasteiger charge is 2.01. The van der Waals surface area contributed by atoms with E-state index in [9.17, 15) is 0 Å². The average molecular weight is 195 g/mol. The first kappa shape index (κ1) is 10.0. The van der Waals surface area contributed by atoms with Crippen molar-refractivity contribution in [3.63, 3.8) is 0 Å². The van der Waals surface area contributed by atoms with Crippen LogP contribution in [0, 0.1) is 6.92 Å². The molecule has 0 unspecified atom stereocenters. The predicted molar refractivity (Wildman–Crippen MR) is 55.0 cm³/mol. The molecule has 1 heterocycles. The standard InChI is InChI=1S/C7H13N7/c1-4-5(3-14(2)13-4)11-7(10)12-6(8)9/h3H,1-2H3,(H6,8,9,10,11,12). The fourth-order valence-corrected chi connectivity index (χ4v) is 0.978. The summed E-state index contributed by atoms with van der Waals surface area (Å²) in [6.45, 7) is 1.82. The van der Waals surface area contributed by atoms with Gasteiger partial charge in [0, 0.05) is 7.05 Å². The topological polar surface area (TPSA) is 121 Å². The summed E-state index contributed by atoms with van der Waals surface area (Å²) in [6.07, 6.45) is 1.73.